The van der Waals surface area contributed by atoms with Crippen LogP contribution >= 0.6 is 0 Å². The minimum atomic E-state index is -0.163. The normalized spacial score (nSPS) is 18.7. The lowest BCUT2D eigenvalue weighted by Crippen LogP contribution is -2.45. The molecule has 5 rings (SSSR count). The van der Waals surface area contributed by atoms with E-state index in [0.717, 1.165) is 43.1 Å². The lowest BCUT2D eigenvalue weighted by Gasteiger charge is -2.38. The zero-order valence-corrected chi connectivity index (χ0v) is 19.9. The fraction of sp³-hybridized carbons (Fsp3) is 0.440. The van der Waals surface area contributed by atoms with E-state index in [2.05, 4.69) is 45.9 Å². The maximum atomic E-state index is 11.5. The monoisotopic (exact) mass is 461 g/mol. The minimum Gasteiger partial charge on any atom is -0.377 e. The van der Waals surface area contributed by atoms with E-state index in [1.54, 1.807) is 18.3 Å². The molecule has 1 fully saturated rings. The van der Waals surface area contributed by atoms with Crippen molar-refractivity contribution in [3.63, 3.8) is 0 Å². The fourth-order valence-electron chi connectivity index (χ4n) is 4.54. The van der Waals surface area contributed by atoms with Gasteiger partial charge in [0, 0.05) is 49.1 Å². The van der Waals surface area contributed by atoms with Gasteiger partial charge in [0.25, 0.3) is 0 Å². The van der Waals surface area contributed by atoms with E-state index in [0.29, 0.717) is 36.7 Å². The van der Waals surface area contributed by atoms with Gasteiger partial charge in [-0.25, -0.2) is 15.0 Å². The SMILES string of the molecule is CC(C)N1CCc2c(nc(-c3ccc(Nc4cccc(=O)[nH]4)nc3)nc2N2CCOCC2C)C1. The predicted molar refractivity (Wildman–Crippen MR) is 132 cm³/mol. The van der Waals surface area contributed by atoms with E-state index in [1.807, 2.05) is 12.1 Å². The minimum absolute atomic E-state index is 0.163. The zero-order chi connectivity index (χ0) is 23.7. The van der Waals surface area contributed by atoms with Crippen molar-refractivity contribution < 1.29 is 4.74 Å². The highest BCUT2D eigenvalue weighted by molar-refractivity contribution is 5.63. The molecule has 0 aliphatic carbocycles. The van der Waals surface area contributed by atoms with Crippen LogP contribution < -0.4 is 15.8 Å². The van der Waals surface area contributed by atoms with Crippen LogP contribution in [0, 0.1) is 0 Å². The van der Waals surface area contributed by atoms with E-state index in [-0.39, 0.29) is 11.6 Å². The molecule has 3 aromatic rings. The molecule has 0 spiro atoms. The van der Waals surface area contributed by atoms with Crippen LogP contribution in [-0.2, 0) is 17.7 Å². The second kappa shape index (κ2) is 9.52. The average Bonchev–Trinajstić information content (AvgIpc) is 2.84. The van der Waals surface area contributed by atoms with E-state index in [4.69, 9.17) is 14.7 Å². The first-order valence-corrected chi connectivity index (χ1v) is 11.9. The van der Waals surface area contributed by atoms with Crippen LogP contribution in [0.2, 0.25) is 0 Å². The molecule has 2 N–H and O–H groups in total. The van der Waals surface area contributed by atoms with Crippen LogP contribution in [-0.4, -0.2) is 63.2 Å². The molecule has 0 radical (unpaired) electrons. The topological polar surface area (TPSA) is 99.3 Å². The molecule has 9 nitrogen and oxygen atoms in total. The van der Waals surface area contributed by atoms with Crippen molar-refractivity contribution >= 4 is 17.5 Å². The van der Waals surface area contributed by atoms with Gasteiger partial charge >= 0.3 is 0 Å². The fourth-order valence-corrected chi connectivity index (χ4v) is 4.54. The Balaban J connectivity index is 1.49. The number of aromatic nitrogens is 4. The van der Waals surface area contributed by atoms with Gasteiger partial charge in [0.2, 0.25) is 5.56 Å². The summed E-state index contributed by atoms with van der Waals surface area (Å²) in [6, 6.07) is 9.54. The van der Waals surface area contributed by atoms with Gasteiger partial charge in [0.05, 0.1) is 24.9 Å². The number of nitrogens with zero attached hydrogens (tertiary/aromatic N) is 5. The number of fused-ring (bicyclic) bond motifs is 1. The van der Waals surface area contributed by atoms with Crippen molar-refractivity contribution in [2.75, 3.05) is 36.5 Å². The van der Waals surface area contributed by atoms with Crippen molar-refractivity contribution in [1.29, 1.82) is 0 Å². The molecular weight excluding hydrogens is 430 g/mol. The summed E-state index contributed by atoms with van der Waals surface area (Å²) in [5.74, 6) is 2.94. The van der Waals surface area contributed by atoms with Gasteiger partial charge in [-0.3, -0.25) is 9.69 Å². The van der Waals surface area contributed by atoms with Crippen molar-refractivity contribution in [2.45, 2.75) is 45.8 Å². The van der Waals surface area contributed by atoms with Crippen LogP contribution in [0.25, 0.3) is 11.4 Å². The Morgan fingerprint density at radius 1 is 1.18 bits per heavy atom. The van der Waals surface area contributed by atoms with Crippen LogP contribution in [0.3, 0.4) is 0 Å². The molecule has 2 aliphatic rings. The Labute approximate surface area is 199 Å². The summed E-state index contributed by atoms with van der Waals surface area (Å²) >= 11 is 0. The van der Waals surface area contributed by atoms with Gasteiger partial charge in [-0.05, 0) is 45.4 Å². The first-order valence-electron chi connectivity index (χ1n) is 11.9. The third-order valence-corrected chi connectivity index (χ3v) is 6.50. The predicted octanol–water partition coefficient (Wildman–Crippen LogP) is 2.96. The summed E-state index contributed by atoms with van der Waals surface area (Å²) in [4.78, 5) is 33.7. The van der Waals surface area contributed by atoms with Gasteiger partial charge in [-0.15, -0.1) is 0 Å². The summed E-state index contributed by atoms with van der Waals surface area (Å²) in [6.45, 7) is 10.7. The lowest BCUT2D eigenvalue weighted by atomic mass is 10.0. The summed E-state index contributed by atoms with van der Waals surface area (Å²) in [7, 11) is 0. The van der Waals surface area contributed by atoms with Crippen molar-refractivity contribution in [3.8, 4) is 11.4 Å². The number of hydrogen-bond donors (Lipinski definition) is 2. The molecule has 2 aliphatic heterocycles. The number of morpholine rings is 1. The zero-order valence-electron chi connectivity index (χ0n) is 19.9. The van der Waals surface area contributed by atoms with E-state index in [9.17, 15) is 4.79 Å². The molecule has 1 unspecified atom stereocenters. The number of aromatic amines is 1. The Morgan fingerprint density at radius 3 is 2.79 bits per heavy atom. The van der Waals surface area contributed by atoms with Gasteiger partial charge < -0.3 is 19.9 Å². The standard InChI is InChI=1S/C25H31N7O2/c1-16(2)31-10-9-19-20(14-31)27-24(30-25(19)32-11-12-34-15-17(32)3)18-7-8-21(26-13-18)28-22-5-4-6-23(33)29-22/h4-8,13,16-17H,9-12,14-15H2,1-3H3,(H2,26,28,29,33). The number of nitrogens with one attached hydrogen (secondary N) is 2. The summed E-state index contributed by atoms with van der Waals surface area (Å²) in [5.41, 5.74) is 3.06. The maximum Gasteiger partial charge on any atom is 0.249 e. The average molecular weight is 462 g/mol. The first-order chi connectivity index (χ1) is 16.5. The number of ether oxygens (including phenoxy) is 1. The van der Waals surface area contributed by atoms with Crippen molar-refractivity contribution in [1.82, 2.24) is 24.8 Å². The molecule has 0 bridgehead atoms. The molecule has 5 heterocycles. The van der Waals surface area contributed by atoms with Crippen LogP contribution in [0.1, 0.15) is 32.0 Å². The molecule has 178 valence electrons. The highest BCUT2D eigenvalue weighted by Crippen LogP contribution is 2.32. The van der Waals surface area contributed by atoms with Gasteiger partial charge in [0.15, 0.2) is 5.82 Å². The van der Waals surface area contributed by atoms with Crippen LogP contribution in [0.4, 0.5) is 17.5 Å². The Hall–Kier alpha value is -3.30. The van der Waals surface area contributed by atoms with Gasteiger partial charge in [-0.1, -0.05) is 6.07 Å². The third kappa shape index (κ3) is 4.67. The Morgan fingerprint density at radius 2 is 2.06 bits per heavy atom. The molecule has 9 heteroatoms. The molecule has 3 aromatic heterocycles. The number of rotatable bonds is 5. The number of hydrogen-bond acceptors (Lipinski definition) is 8. The number of H-pyrrole nitrogens is 1. The summed E-state index contributed by atoms with van der Waals surface area (Å²) in [6.07, 6.45) is 2.73. The molecule has 0 saturated carbocycles. The summed E-state index contributed by atoms with van der Waals surface area (Å²) < 4.78 is 5.68. The molecular formula is C25H31N7O2. The van der Waals surface area contributed by atoms with E-state index >= 15 is 0 Å². The van der Waals surface area contributed by atoms with Crippen molar-refractivity contribution in [2.24, 2.45) is 0 Å². The molecule has 1 saturated heterocycles. The second-order valence-electron chi connectivity index (χ2n) is 9.21. The number of pyridine rings is 2. The molecule has 0 amide bonds. The Bertz CT molecular complexity index is 1210. The van der Waals surface area contributed by atoms with E-state index < -0.39 is 0 Å². The van der Waals surface area contributed by atoms with E-state index in [1.165, 1.54) is 11.6 Å². The third-order valence-electron chi connectivity index (χ3n) is 6.50. The number of anilines is 3. The smallest absolute Gasteiger partial charge is 0.249 e. The second-order valence-corrected chi connectivity index (χ2v) is 9.21. The quantitative estimate of drug-likeness (QED) is 0.598. The highest BCUT2D eigenvalue weighted by Gasteiger charge is 2.29. The largest absolute Gasteiger partial charge is 0.377 e. The molecule has 0 aromatic carbocycles. The highest BCUT2D eigenvalue weighted by atomic mass is 16.5. The molecule has 1 atom stereocenters. The van der Waals surface area contributed by atoms with Gasteiger partial charge in [0.1, 0.15) is 17.5 Å². The Kier molecular flexibility index (Phi) is 6.30. The van der Waals surface area contributed by atoms with Crippen LogP contribution in [0.15, 0.2) is 41.3 Å². The first kappa shape index (κ1) is 22.5. The lowest BCUT2D eigenvalue weighted by molar-refractivity contribution is 0.0983. The maximum absolute atomic E-state index is 11.5. The van der Waals surface area contributed by atoms with Gasteiger partial charge in [-0.2, -0.15) is 0 Å². The van der Waals surface area contributed by atoms with Crippen molar-refractivity contribution in [3.05, 3.63) is 58.1 Å². The molecule has 34 heavy (non-hydrogen) atoms. The summed E-state index contributed by atoms with van der Waals surface area (Å²) in [5, 5.41) is 3.12. The van der Waals surface area contributed by atoms with Crippen LogP contribution in [0.5, 0.6) is 0 Å².